The average Bonchev–Trinajstić information content (AvgIpc) is 2.68. The van der Waals surface area contributed by atoms with E-state index in [-0.39, 0.29) is 17.6 Å². The molecular weight excluding hydrogens is 288 g/mol. The van der Waals surface area contributed by atoms with Crippen LogP contribution in [0.2, 0.25) is 0 Å². The second-order valence-electron chi connectivity index (χ2n) is 3.84. The van der Waals surface area contributed by atoms with E-state index >= 15 is 0 Å². The van der Waals surface area contributed by atoms with Crippen molar-refractivity contribution in [1.29, 1.82) is 0 Å². The third-order valence-electron chi connectivity index (χ3n) is 2.25. The second kappa shape index (κ2) is 5.28. The number of urea groups is 1. The molecule has 1 aliphatic heterocycles. The minimum Gasteiger partial charge on any atom is -0.300 e. The number of fused-ring (bicyclic) bond motifs is 1. The van der Waals surface area contributed by atoms with E-state index in [0.717, 1.165) is 0 Å². The molecule has 1 saturated heterocycles. The summed E-state index contributed by atoms with van der Waals surface area (Å²) in [5.74, 6) is -1.10. The molecule has 0 bridgehead atoms. The van der Waals surface area contributed by atoms with Gasteiger partial charge >= 0.3 is 17.4 Å². The van der Waals surface area contributed by atoms with Crippen molar-refractivity contribution in [1.82, 2.24) is 30.6 Å². The Balaban J connectivity index is 0.000000161. The van der Waals surface area contributed by atoms with Gasteiger partial charge < -0.3 is 0 Å². The van der Waals surface area contributed by atoms with Crippen molar-refractivity contribution in [2.24, 2.45) is 0 Å². The molecule has 110 valence electrons. The first-order valence-electron chi connectivity index (χ1n) is 5.43. The Morgan fingerprint density at radius 3 is 1.71 bits per heavy atom. The summed E-state index contributed by atoms with van der Waals surface area (Å²) in [4.78, 5) is 71.8. The van der Waals surface area contributed by atoms with Crippen LogP contribution >= 0.6 is 0 Å². The van der Waals surface area contributed by atoms with E-state index in [1.165, 1.54) is 0 Å². The molecule has 0 atom stereocenters. The Kier molecular flexibility index (Phi) is 3.51. The standard InChI is InChI=1S/C5H4N4O3.C4H4N2O3/c10-3-1-2(7-4(11)6-1)8-5(12)9-3;7-2-1-3(8)6-4(9)5-2/h(H4,6,7,8,9,10,11,12);1H2,(H2,5,6,7,8,9). The van der Waals surface area contributed by atoms with E-state index in [2.05, 4.69) is 15.0 Å². The molecule has 0 radical (unpaired) electrons. The van der Waals surface area contributed by atoms with Crippen molar-refractivity contribution in [3.63, 3.8) is 0 Å². The number of barbiturate groups is 1. The van der Waals surface area contributed by atoms with Crippen LogP contribution in [-0.2, 0) is 9.59 Å². The van der Waals surface area contributed by atoms with Crippen LogP contribution in [0.15, 0.2) is 14.4 Å². The van der Waals surface area contributed by atoms with Gasteiger partial charge in [0, 0.05) is 0 Å². The lowest BCUT2D eigenvalue weighted by atomic mass is 10.3. The van der Waals surface area contributed by atoms with Gasteiger partial charge in [-0.25, -0.2) is 14.4 Å². The first-order chi connectivity index (χ1) is 9.85. The summed E-state index contributed by atoms with van der Waals surface area (Å²) in [6.45, 7) is 0. The molecule has 6 N–H and O–H groups in total. The zero-order chi connectivity index (χ0) is 15.6. The zero-order valence-corrected chi connectivity index (χ0v) is 10.2. The number of amides is 4. The number of nitrogens with one attached hydrogen (secondary N) is 6. The fourth-order valence-electron chi connectivity index (χ4n) is 1.48. The Morgan fingerprint density at radius 1 is 0.667 bits per heavy atom. The van der Waals surface area contributed by atoms with Crippen LogP contribution in [0.4, 0.5) is 4.79 Å². The Morgan fingerprint density at radius 2 is 1.19 bits per heavy atom. The van der Waals surface area contributed by atoms with Gasteiger partial charge in [-0.2, -0.15) is 0 Å². The normalized spacial score (nSPS) is 14.2. The largest absolute Gasteiger partial charge is 0.328 e. The van der Waals surface area contributed by atoms with Gasteiger partial charge in [-0.3, -0.25) is 45.0 Å². The third kappa shape index (κ3) is 3.31. The number of aromatic amines is 4. The average molecular weight is 296 g/mol. The summed E-state index contributed by atoms with van der Waals surface area (Å²) >= 11 is 0. The molecule has 1 fully saturated rings. The molecule has 0 saturated carbocycles. The maximum absolute atomic E-state index is 10.9. The number of carbonyl (C=O) groups excluding carboxylic acids is 3. The van der Waals surface area contributed by atoms with Gasteiger partial charge in [-0.05, 0) is 0 Å². The van der Waals surface area contributed by atoms with Gasteiger partial charge in [0.15, 0.2) is 0 Å². The molecule has 12 nitrogen and oxygen atoms in total. The van der Waals surface area contributed by atoms with Crippen LogP contribution in [0.25, 0.3) is 11.2 Å². The van der Waals surface area contributed by atoms with E-state index in [1.807, 2.05) is 15.6 Å². The Bertz CT molecular complexity index is 852. The maximum atomic E-state index is 10.9. The molecule has 12 heteroatoms. The molecule has 3 rings (SSSR count). The summed E-state index contributed by atoms with van der Waals surface area (Å²) in [6.07, 6.45) is -0.258. The first-order valence-corrected chi connectivity index (χ1v) is 5.43. The molecular formula is C9H8N6O6. The lowest BCUT2D eigenvalue weighted by molar-refractivity contribution is -0.129. The molecule has 2 aromatic rings. The van der Waals surface area contributed by atoms with Crippen molar-refractivity contribution < 1.29 is 14.4 Å². The molecule has 21 heavy (non-hydrogen) atoms. The molecule has 3 heterocycles. The highest BCUT2D eigenvalue weighted by atomic mass is 16.2. The van der Waals surface area contributed by atoms with Crippen molar-refractivity contribution in [2.75, 3.05) is 0 Å². The molecule has 0 aromatic carbocycles. The number of aromatic nitrogens is 4. The number of hydrogen-bond acceptors (Lipinski definition) is 6. The Labute approximate surface area is 113 Å². The summed E-state index contributed by atoms with van der Waals surface area (Å²) in [7, 11) is 0. The topological polar surface area (TPSA) is 190 Å². The minimum absolute atomic E-state index is 0.0413. The number of hydrogen-bond donors (Lipinski definition) is 6. The van der Waals surface area contributed by atoms with Gasteiger partial charge in [0.2, 0.25) is 11.8 Å². The predicted molar refractivity (Wildman–Crippen MR) is 66.5 cm³/mol. The van der Waals surface area contributed by atoms with Crippen LogP contribution in [0.5, 0.6) is 0 Å². The van der Waals surface area contributed by atoms with E-state index in [4.69, 9.17) is 0 Å². The van der Waals surface area contributed by atoms with Crippen molar-refractivity contribution in [3.8, 4) is 0 Å². The van der Waals surface area contributed by atoms with Gasteiger partial charge in [-0.15, -0.1) is 0 Å². The number of imide groups is 2. The smallest absolute Gasteiger partial charge is 0.300 e. The van der Waals surface area contributed by atoms with Gasteiger partial charge in [0.05, 0.1) is 0 Å². The SMILES string of the molecule is O=C1CC(=O)NC(=O)N1.O=c1[nH]c(=O)c2[nH]c(=O)[nH]c2[nH]1. The van der Waals surface area contributed by atoms with Crippen molar-refractivity contribution in [2.45, 2.75) is 6.42 Å². The van der Waals surface area contributed by atoms with Gasteiger partial charge in [-0.1, -0.05) is 0 Å². The first kappa shape index (κ1) is 14.0. The quantitative estimate of drug-likeness (QED) is 0.280. The fraction of sp³-hybridized carbons (Fsp3) is 0.111. The number of H-pyrrole nitrogens is 4. The molecule has 4 amide bonds. The summed E-state index contributed by atoms with van der Waals surface area (Å²) in [5.41, 5.74) is -1.65. The van der Waals surface area contributed by atoms with Crippen molar-refractivity contribution in [3.05, 3.63) is 31.3 Å². The van der Waals surface area contributed by atoms with Crippen LogP contribution in [0, 0.1) is 0 Å². The van der Waals surface area contributed by atoms with E-state index in [1.54, 1.807) is 0 Å². The van der Waals surface area contributed by atoms with Crippen molar-refractivity contribution >= 4 is 29.0 Å². The lowest BCUT2D eigenvalue weighted by Gasteiger charge is -2.09. The molecule has 0 unspecified atom stereocenters. The third-order valence-corrected chi connectivity index (χ3v) is 2.25. The summed E-state index contributed by atoms with van der Waals surface area (Å²) in [6, 6.07) is -0.740. The number of rotatable bonds is 0. The van der Waals surface area contributed by atoms with Crippen LogP contribution in [0.1, 0.15) is 6.42 Å². The fourth-order valence-corrected chi connectivity index (χ4v) is 1.48. The van der Waals surface area contributed by atoms with E-state index in [0.29, 0.717) is 0 Å². The maximum Gasteiger partial charge on any atom is 0.328 e. The predicted octanol–water partition coefficient (Wildman–Crippen LogP) is -3.02. The highest BCUT2D eigenvalue weighted by molar-refractivity contribution is 6.14. The van der Waals surface area contributed by atoms with E-state index < -0.39 is 34.8 Å². The van der Waals surface area contributed by atoms with E-state index in [9.17, 15) is 28.8 Å². The van der Waals surface area contributed by atoms with Crippen LogP contribution in [-0.4, -0.2) is 37.8 Å². The molecule has 0 aliphatic carbocycles. The lowest BCUT2D eigenvalue weighted by Crippen LogP contribution is -2.49. The number of imidazole rings is 1. The van der Waals surface area contributed by atoms with Crippen LogP contribution in [0.3, 0.4) is 0 Å². The zero-order valence-electron chi connectivity index (χ0n) is 10.2. The van der Waals surface area contributed by atoms with Gasteiger partial charge in [0.25, 0.3) is 5.56 Å². The Hall–Kier alpha value is -3.44. The molecule has 2 aromatic heterocycles. The monoisotopic (exact) mass is 296 g/mol. The number of carbonyl (C=O) groups is 3. The second-order valence-corrected chi connectivity index (χ2v) is 3.84. The highest BCUT2D eigenvalue weighted by Gasteiger charge is 2.20. The van der Waals surface area contributed by atoms with Crippen LogP contribution < -0.4 is 27.6 Å². The highest BCUT2D eigenvalue weighted by Crippen LogP contribution is 1.88. The molecule has 0 spiro atoms. The summed E-state index contributed by atoms with van der Waals surface area (Å²) in [5, 5.41) is 3.80. The summed E-state index contributed by atoms with van der Waals surface area (Å²) < 4.78 is 0. The van der Waals surface area contributed by atoms with Gasteiger partial charge in [0.1, 0.15) is 17.6 Å². The minimum atomic E-state index is -0.740. The molecule has 1 aliphatic rings.